The van der Waals surface area contributed by atoms with Crippen molar-refractivity contribution in [2.45, 2.75) is 26.0 Å². The van der Waals surface area contributed by atoms with Crippen LogP contribution in [-0.4, -0.2) is 25.0 Å². The van der Waals surface area contributed by atoms with Crippen LogP contribution in [0.5, 0.6) is 0 Å². The lowest BCUT2D eigenvalue weighted by Crippen LogP contribution is -2.09. The van der Waals surface area contributed by atoms with Crippen LogP contribution < -0.4 is 0 Å². The summed E-state index contributed by atoms with van der Waals surface area (Å²) in [4.78, 5) is 4.62. The predicted molar refractivity (Wildman–Crippen MR) is 63.2 cm³/mol. The average Bonchev–Trinajstić information content (AvgIpc) is 2.91. The van der Waals surface area contributed by atoms with Crippen LogP contribution in [0.15, 0.2) is 40.9 Å². The quantitative estimate of drug-likeness (QED) is 0.646. The minimum atomic E-state index is 0.240. The molecular weight excluding hydrogens is 186 g/mol. The smallest absolute Gasteiger partial charge is 0.0891 e. The van der Waals surface area contributed by atoms with Crippen LogP contribution in [-0.2, 0) is 4.74 Å². The summed E-state index contributed by atoms with van der Waals surface area (Å²) in [5.74, 6) is 0.407. The van der Waals surface area contributed by atoms with E-state index in [0.717, 1.165) is 11.3 Å². The van der Waals surface area contributed by atoms with Crippen LogP contribution in [0.1, 0.15) is 13.8 Å². The van der Waals surface area contributed by atoms with E-state index in [1.807, 2.05) is 13.0 Å². The molecule has 2 nitrogen and oxygen atoms in total. The number of fused-ring (bicyclic) bond motifs is 1. The maximum Gasteiger partial charge on any atom is 0.0891 e. The number of ether oxygens (including phenoxy) is 1. The Hall–Kier alpha value is -1.15. The van der Waals surface area contributed by atoms with Crippen LogP contribution >= 0.6 is 0 Å². The van der Waals surface area contributed by atoms with E-state index in [0.29, 0.717) is 12.0 Å². The van der Waals surface area contributed by atoms with Gasteiger partial charge in [0.15, 0.2) is 0 Å². The minimum Gasteiger partial charge on any atom is -0.378 e. The van der Waals surface area contributed by atoms with Crippen molar-refractivity contribution in [3.8, 4) is 0 Å². The van der Waals surface area contributed by atoms with Crippen molar-refractivity contribution in [3.05, 3.63) is 36.0 Å². The van der Waals surface area contributed by atoms with E-state index in [-0.39, 0.29) is 6.10 Å². The van der Waals surface area contributed by atoms with E-state index < -0.39 is 0 Å². The molecule has 1 saturated carbocycles. The van der Waals surface area contributed by atoms with Gasteiger partial charge < -0.3 is 4.74 Å². The third-order valence-electron chi connectivity index (χ3n) is 3.40. The first-order valence-electron chi connectivity index (χ1n) is 5.21. The molecule has 0 amide bonds. The number of hydrogen-bond donors (Lipinski definition) is 0. The van der Waals surface area contributed by atoms with Crippen LogP contribution in [0.25, 0.3) is 0 Å². The second-order valence-electron chi connectivity index (χ2n) is 4.20. The van der Waals surface area contributed by atoms with E-state index in [2.05, 4.69) is 25.1 Å². The highest BCUT2D eigenvalue weighted by Gasteiger charge is 2.55. The van der Waals surface area contributed by atoms with Gasteiger partial charge in [-0.3, -0.25) is 4.99 Å². The molecule has 0 aromatic heterocycles. The maximum absolute atomic E-state index is 5.41. The zero-order chi connectivity index (χ0) is 11.2. The van der Waals surface area contributed by atoms with E-state index in [4.69, 9.17) is 4.74 Å². The van der Waals surface area contributed by atoms with Gasteiger partial charge in [-0.15, -0.1) is 0 Å². The van der Waals surface area contributed by atoms with E-state index in [1.165, 1.54) is 11.1 Å². The molecule has 0 radical (unpaired) electrons. The first-order valence-corrected chi connectivity index (χ1v) is 5.21. The van der Waals surface area contributed by atoms with Crippen molar-refractivity contribution in [1.29, 1.82) is 0 Å². The third-order valence-corrected chi connectivity index (χ3v) is 3.40. The standard InChI is InChI=1S/C13H17NO/c1-6-7(2)10-8(3)9(4)14-12-11(10)13(12)15-5/h6,11-13H,1-2H2,3-5H3. The molecule has 1 aliphatic heterocycles. The lowest BCUT2D eigenvalue weighted by atomic mass is 9.93. The summed E-state index contributed by atoms with van der Waals surface area (Å²) in [6.45, 7) is 12.0. The molecule has 15 heavy (non-hydrogen) atoms. The first kappa shape index (κ1) is 10.4. The summed E-state index contributed by atoms with van der Waals surface area (Å²) in [5.41, 5.74) is 4.64. The van der Waals surface area contributed by atoms with Gasteiger partial charge in [-0.25, -0.2) is 0 Å². The first-order chi connectivity index (χ1) is 7.11. The topological polar surface area (TPSA) is 21.6 Å². The fourth-order valence-electron chi connectivity index (χ4n) is 2.37. The normalized spacial score (nSPS) is 33.3. The average molecular weight is 203 g/mol. The van der Waals surface area contributed by atoms with Gasteiger partial charge in [-0.2, -0.15) is 0 Å². The number of dihydropyridines is 1. The Balaban J connectivity index is 2.41. The van der Waals surface area contributed by atoms with Gasteiger partial charge in [-0.1, -0.05) is 19.2 Å². The summed E-state index contributed by atoms with van der Waals surface area (Å²) in [6.07, 6.45) is 2.06. The van der Waals surface area contributed by atoms with E-state index in [9.17, 15) is 0 Å². The van der Waals surface area contributed by atoms with Gasteiger partial charge in [0.2, 0.25) is 0 Å². The van der Waals surface area contributed by atoms with Gasteiger partial charge in [-0.05, 0) is 30.6 Å². The predicted octanol–water partition coefficient (Wildman–Crippen LogP) is 2.53. The number of nitrogens with zero attached hydrogens (tertiary/aromatic N) is 1. The summed E-state index contributed by atoms with van der Waals surface area (Å²) >= 11 is 0. The maximum atomic E-state index is 5.41. The number of rotatable bonds is 3. The van der Waals surface area contributed by atoms with Crippen LogP contribution in [0, 0.1) is 5.92 Å². The molecule has 3 unspecified atom stereocenters. The molecule has 2 aliphatic rings. The molecule has 1 fully saturated rings. The fraction of sp³-hybridized carbons (Fsp3) is 0.462. The Kier molecular flexibility index (Phi) is 2.39. The third kappa shape index (κ3) is 1.40. The van der Waals surface area contributed by atoms with Crippen LogP contribution in [0.3, 0.4) is 0 Å². The number of methoxy groups -OCH3 is 1. The van der Waals surface area contributed by atoms with Crippen molar-refractivity contribution < 1.29 is 4.74 Å². The zero-order valence-corrected chi connectivity index (χ0v) is 9.58. The summed E-state index contributed by atoms with van der Waals surface area (Å²) in [5, 5.41) is 0. The van der Waals surface area contributed by atoms with E-state index >= 15 is 0 Å². The molecular formula is C13H17NO. The molecule has 1 heterocycles. The van der Waals surface area contributed by atoms with Crippen molar-refractivity contribution in [2.75, 3.05) is 7.11 Å². The van der Waals surface area contributed by atoms with Crippen molar-refractivity contribution in [1.82, 2.24) is 0 Å². The molecule has 2 rings (SSSR count). The highest BCUT2D eigenvalue weighted by Crippen LogP contribution is 2.49. The molecule has 0 aromatic carbocycles. The minimum absolute atomic E-state index is 0.240. The van der Waals surface area contributed by atoms with Gasteiger partial charge in [0.25, 0.3) is 0 Å². The fourth-order valence-corrected chi connectivity index (χ4v) is 2.37. The second-order valence-corrected chi connectivity index (χ2v) is 4.20. The molecule has 0 aromatic rings. The van der Waals surface area contributed by atoms with Crippen molar-refractivity contribution in [3.63, 3.8) is 0 Å². The Labute approximate surface area is 91.0 Å². The number of hydrogen-bond acceptors (Lipinski definition) is 2. The molecule has 3 atom stereocenters. The lowest BCUT2D eigenvalue weighted by molar-refractivity contribution is 0.170. The van der Waals surface area contributed by atoms with Gasteiger partial charge in [0, 0.05) is 18.7 Å². The van der Waals surface area contributed by atoms with Gasteiger partial charge in [0.1, 0.15) is 0 Å². The van der Waals surface area contributed by atoms with Crippen molar-refractivity contribution in [2.24, 2.45) is 10.9 Å². The van der Waals surface area contributed by atoms with Gasteiger partial charge >= 0.3 is 0 Å². The summed E-state index contributed by atoms with van der Waals surface area (Å²) in [6, 6.07) is 0.311. The molecule has 0 saturated heterocycles. The molecule has 0 spiro atoms. The van der Waals surface area contributed by atoms with Crippen molar-refractivity contribution >= 4 is 5.71 Å². The molecule has 1 aliphatic carbocycles. The lowest BCUT2D eigenvalue weighted by Gasteiger charge is -2.15. The molecule has 0 bridgehead atoms. The highest BCUT2D eigenvalue weighted by atomic mass is 16.5. The van der Waals surface area contributed by atoms with Gasteiger partial charge in [0.05, 0.1) is 12.1 Å². The van der Waals surface area contributed by atoms with Crippen LogP contribution in [0.4, 0.5) is 0 Å². The Bertz CT molecular complexity index is 389. The monoisotopic (exact) mass is 203 g/mol. The van der Waals surface area contributed by atoms with E-state index in [1.54, 1.807) is 7.11 Å². The van der Waals surface area contributed by atoms with Crippen LogP contribution in [0.2, 0.25) is 0 Å². The SMILES string of the molecule is C=CC(=C)C1=C(C)C(C)=NC2C(OC)C12. The highest BCUT2D eigenvalue weighted by molar-refractivity contribution is 6.01. The number of aliphatic imine (C=N–C) groups is 1. The molecule has 0 N–H and O–H groups in total. The molecule has 2 heteroatoms. The summed E-state index contributed by atoms with van der Waals surface area (Å²) in [7, 11) is 1.75. The summed E-state index contributed by atoms with van der Waals surface area (Å²) < 4.78 is 5.41. The Morgan fingerprint density at radius 2 is 2.13 bits per heavy atom. The Morgan fingerprint density at radius 1 is 1.47 bits per heavy atom. The zero-order valence-electron chi connectivity index (χ0n) is 9.58. The second kappa shape index (κ2) is 3.46. The number of allylic oxidation sites excluding steroid dienone is 3. The Morgan fingerprint density at radius 3 is 2.67 bits per heavy atom. The molecule has 80 valence electrons. The largest absolute Gasteiger partial charge is 0.378 e.